The van der Waals surface area contributed by atoms with Gasteiger partial charge in [-0.3, -0.25) is 0 Å². The third kappa shape index (κ3) is 3.70. The SMILES string of the molecule is Clc1ccc2[nH]c3c(OCCCNCc4cnc[nH]4)c4[nH]c5ccc(Cl)cc5c4cc3c2c1. The number of imidazole rings is 1. The fourth-order valence-electron chi connectivity index (χ4n) is 4.42. The summed E-state index contributed by atoms with van der Waals surface area (Å²) in [6, 6.07) is 14.0. The number of benzene rings is 3. The predicted octanol–water partition coefficient (Wildman–Crippen LogP) is 6.54. The topological polar surface area (TPSA) is 81.5 Å². The predicted molar refractivity (Wildman–Crippen MR) is 136 cm³/mol. The van der Waals surface area contributed by atoms with Crippen molar-refractivity contribution in [2.75, 3.05) is 13.2 Å². The first-order chi connectivity index (χ1) is 16.2. The Morgan fingerprint density at radius 3 is 2.12 bits per heavy atom. The van der Waals surface area contributed by atoms with E-state index in [1.165, 1.54) is 0 Å². The first kappa shape index (κ1) is 20.4. The Morgan fingerprint density at radius 2 is 1.52 bits per heavy atom. The van der Waals surface area contributed by atoms with Gasteiger partial charge in [0.25, 0.3) is 0 Å². The van der Waals surface area contributed by atoms with Crippen LogP contribution in [0.4, 0.5) is 0 Å². The number of H-pyrrole nitrogens is 3. The number of aromatic nitrogens is 4. The standard InChI is InChI=1S/C25H21Cl2N5O/c26-14-2-4-21-17(8-14)19-10-20-18-9-15(27)3-5-22(18)32-24(20)25(23(19)31-21)33-7-1-6-28-11-16-12-29-13-30-16/h2-5,8-10,12-13,28,31-32H,1,6-7,11H2,(H,29,30). The molecular weight excluding hydrogens is 457 g/mol. The second-order valence-electron chi connectivity index (χ2n) is 8.14. The molecule has 0 atom stereocenters. The number of ether oxygens (including phenoxy) is 1. The Balaban J connectivity index is 1.38. The van der Waals surface area contributed by atoms with Crippen LogP contribution in [0.25, 0.3) is 43.6 Å². The zero-order valence-corrected chi connectivity index (χ0v) is 19.1. The van der Waals surface area contributed by atoms with E-state index >= 15 is 0 Å². The number of fused-ring (bicyclic) bond motifs is 6. The lowest BCUT2D eigenvalue weighted by Crippen LogP contribution is -2.17. The molecule has 3 heterocycles. The van der Waals surface area contributed by atoms with Crippen LogP contribution in [0.3, 0.4) is 0 Å². The van der Waals surface area contributed by atoms with Gasteiger partial charge in [-0.2, -0.15) is 0 Å². The number of hydrogen-bond acceptors (Lipinski definition) is 3. The van der Waals surface area contributed by atoms with Crippen LogP contribution >= 0.6 is 23.2 Å². The molecule has 0 amide bonds. The second-order valence-corrected chi connectivity index (χ2v) is 9.01. The molecule has 6 nitrogen and oxygen atoms in total. The van der Waals surface area contributed by atoms with E-state index in [1.54, 1.807) is 6.33 Å². The van der Waals surface area contributed by atoms with Crippen LogP contribution in [0.15, 0.2) is 55.0 Å². The highest BCUT2D eigenvalue weighted by atomic mass is 35.5. The summed E-state index contributed by atoms with van der Waals surface area (Å²) in [6.45, 7) is 2.17. The molecule has 0 radical (unpaired) electrons. The molecule has 0 saturated carbocycles. The summed E-state index contributed by atoms with van der Waals surface area (Å²) in [6.07, 6.45) is 4.38. The summed E-state index contributed by atoms with van der Waals surface area (Å²) < 4.78 is 6.40. The van der Waals surface area contributed by atoms with Crippen molar-refractivity contribution in [1.29, 1.82) is 0 Å². The van der Waals surface area contributed by atoms with Crippen LogP contribution < -0.4 is 10.1 Å². The molecule has 8 heteroatoms. The van der Waals surface area contributed by atoms with Gasteiger partial charge in [-0.25, -0.2) is 4.98 Å². The van der Waals surface area contributed by atoms with E-state index in [0.29, 0.717) is 16.7 Å². The van der Waals surface area contributed by atoms with Gasteiger partial charge in [-0.1, -0.05) is 23.2 Å². The Labute approximate surface area is 199 Å². The molecule has 0 spiro atoms. The van der Waals surface area contributed by atoms with Crippen molar-refractivity contribution in [1.82, 2.24) is 25.3 Å². The maximum Gasteiger partial charge on any atom is 0.167 e. The highest BCUT2D eigenvalue weighted by Crippen LogP contribution is 2.41. The number of rotatable bonds is 7. The Morgan fingerprint density at radius 1 is 0.848 bits per heavy atom. The highest BCUT2D eigenvalue weighted by molar-refractivity contribution is 6.33. The van der Waals surface area contributed by atoms with E-state index in [2.05, 4.69) is 31.3 Å². The van der Waals surface area contributed by atoms with Gasteiger partial charge in [0.1, 0.15) is 0 Å². The van der Waals surface area contributed by atoms with E-state index in [4.69, 9.17) is 27.9 Å². The summed E-state index contributed by atoms with van der Waals surface area (Å²) >= 11 is 12.6. The van der Waals surface area contributed by atoms with Gasteiger partial charge < -0.3 is 25.0 Å². The van der Waals surface area contributed by atoms with E-state index in [1.807, 2.05) is 42.6 Å². The van der Waals surface area contributed by atoms with Gasteiger partial charge in [0.05, 0.1) is 24.0 Å². The normalized spacial score (nSPS) is 11.9. The summed E-state index contributed by atoms with van der Waals surface area (Å²) in [5.41, 5.74) is 5.03. The van der Waals surface area contributed by atoms with Crippen molar-refractivity contribution >= 4 is 66.8 Å². The number of aromatic amines is 3. The smallest absolute Gasteiger partial charge is 0.167 e. The Hall–Kier alpha value is -3.19. The van der Waals surface area contributed by atoms with Crippen LogP contribution in [0.1, 0.15) is 12.1 Å². The number of hydrogen-bond donors (Lipinski definition) is 4. The molecule has 0 fully saturated rings. The van der Waals surface area contributed by atoms with E-state index in [0.717, 1.165) is 74.6 Å². The quantitative estimate of drug-likeness (QED) is 0.197. The molecule has 0 aliphatic heterocycles. The zero-order chi connectivity index (χ0) is 22.4. The average molecular weight is 478 g/mol. The number of nitrogens with one attached hydrogen (secondary N) is 4. The minimum Gasteiger partial charge on any atom is -0.489 e. The minimum absolute atomic E-state index is 0.580. The maximum atomic E-state index is 6.40. The Bertz CT molecular complexity index is 1510. The first-order valence-corrected chi connectivity index (χ1v) is 11.6. The van der Waals surface area contributed by atoms with Gasteiger partial charge in [-0.15, -0.1) is 0 Å². The van der Waals surface area contributed by atoms with Crippen molar-refractivity contribution in [2.24, 2.45) is 0 Å². The molecule has 6 aromatic rings. The zero-order valence-electron chi connectivity index (χ0n) is 17.6. The van der Waals surface area contributed by atoms with Gasteiger partial charge in [0.2, 0.25) is 0 Å². The van der Waals surface area contributed by atoms with Gasteiger partial charge in [-0.05, 0) is 55.4 Å². The van der Waals surface area contributed by atoms with Crippen LogP contribution in [0, 0.1) is 0 Å². The van der Waals surface area contributed by atoms with Gasteiger partial charge >= 0.3 is 0 Å². The van der Waals surface area contributed by atoms with Crippen LogP contribution in [0.2, 0.25) is 10.0 Å². The minimum atomic E-state index is 0.580. The Kier molecular flexibility index (Phi) is 5.14. The van der Waals surface area contributed by atoms with E-state index < -0.39 is 0 Å². The van der Waals surface area contributed by atoms with Crippen molar-refractivity contribution in [3.63, 3.8) is 0 Å². The van der Waals surface area contributed by atoms with Crippen LogP contribution in [-0.2, 0) is 6.54 Å². The lowest BCUT2D eigenvalue weighted by molar-refractivity contribution is 0.314. The van der Waals surface area contributed by atoms with Crippen molar-refractivity contribution in [3.05, 3.63) is 70.7 Å². The largest absolute Gasteiger partial charge is 0.489 e. The summed E-state index contributed by atoms with van der Waals surface area (Å²) in [5, 5.41) is 9.11. The lowest BCUT2D eigenvalue weighted by atomic mass is 10.1. The molecule has 6 rings (SSSR count). The van der Waals surface area contributed by atoms with Gasteiger partial charge in [0, 0.05) is 61.1 Å². The van der Waals surface area contributed by atoms with Crippen LogP contribution in [0.5, 0.6) is 5.75 Å². The summed E-state index contributed by atoms with van der Waals surface area (Å²) in [7, 11) is 0. The van der Waals surface area contributed by atoms with Crippen molar-refractivity contribution in [3.8, 4) is 5.75 Å². The third-order valence-electron chi connectivity index (χ3n) is 5.96. The second kappa shape index (κ2) is 8.30. The lowest BCUT2D eigenvalue weighted by Gasteiger charge is -2.10. The molecular formula is C25H21Cl2N5O. The van der Waals surface area contributed by atoms with Crippen molar-refractivity contribution < 1.29 is 4.74 Å². The molecule has 166 valence electrons. The molecule has 33 heavy (non-hydrogen) atoms. The molecule has 0 saturated heterocycles. The third-order valence-corrected chi connectivity index (χ3v) is 6.43. The molecule has 0 aliphatic rings. The van der Waals surface area contributed by atoms with Gasteiger partial charge in [0.15, 0.2) is 5.75 Å². The molecule has 0 unspecified atom stereocenters. The monoisotopic (exact) mass is 477 g/mol. The fraction of sp³-hybridized carbons (Fsp3) is 0.160. The number of nitrogens with zero attached hydrogens (tertiary/aromatic N) is 1. The number of halogens is 2. The average Bonchev–Trinajstić information content (AvgIpc) is 3.53. The molecule has 0 aliphatic carbocycles. The maximum absolute atomic E-state index is 6.40. The van der Waals surface area contributed by atoms with E-state index in [9.17, 15) is 0 Å². The molecule has 3 aromatic heterocycles. The van der Waals surface area contributed by atoms with Crippen molar-refractivity contribution in [2.45, 2.75) is 13.0 Å². The molecule has 3 aromatic carbocycles. The fourth-order valence-corrected chi connectivity index (χ4v) is 4.76. The summed E-state index contributed by atoms with van der Waals surface area (Å²) in [5.74, 6) is 0.815. The first-order valence-electron chi connectivity index (χ1n) is 10.8. The molecule has 4 N–H and O–H groups in total. The van der Waals surface area contributed by atoms with E-state index in [-0.39, 0.29) is 0 Å². The summed E-state index contributed by atoms with van der Waals surface area (Å²) in [4.78, 5) is 14.2. The highest BCUT2D eigenvalue weighted by Gasteiger charge is 2.18. The van der Waals surface area contributed by atoms with Crippen LogP contribution in [-0.4, -0.2) is 33.1 Å². The molecule has 0 bridgehead atoms.